The summed E-state index contributed by atoms with van der Waals surface area (Å²) in [6.07, 6.45) is 10.8. The smallest absolute Gasteiger partial charge is 0.137 e. The molecule has 0 aromatic carbocycles. The summed E-state index contributed by atoms with van der Waals surface area (Å²) >= 11 is 0. The minimum atomic E-state index is 0.506. The summed E-state index contributed by atoms with van der Waals surface area (Å²) in [4.78, 5) is 8.40. The second kappa shape index (κ2) is 7.18. The topological polar surface area (TPSA) is 56.3 Å². The summed E-state index contributed by atoms with van der Waals surface area (Å²) in [5, 5.41) is 3.35. The maximum absolute atomic E-state index is 5.85. The summed E-state index contributed by atoms with van der Waals surface area (Å²) in [5.74, 6) is 3.02. The van der Waals surface area contributed by atoms with Gasteiger partial charge < -0.3 is 14.8 Å². The third-order valence-electron chi connectivity index (χ3n) is 4.85. The first-order valence-electron chi connectivity index (χ1n) is 8.72. The number of nitrogens with one attached hydrogen (secondary N) is 1. The van der Waals surface area contributed by atoms with Crippen molar-refractivity contribution in [2.75, 3.05) is 19.8 Å². The molecule has 24 heavy (non-hydrogen) atoms. The SMILES string of the molecule is c1cncc(OCC[C@@H]2C[C@@H]2c2cncc(OC[C@@H]3CCN3)c2)c1. The highest BCUT2D eigenvalue weighted by Gasteiger charge is 2.38. The normalized spacial score (nSPS) is 24.9. The van der Waals surface area contributed by atoms with E-state index in [1.165, 1.54) is 18.4 Å². The lowest BCUT2D eigenvalue weighted by Gasteiger charge is -2.27. The molecule has 126 valence electrons. The lowest BCUT2D eigenvalue weighted by molar-refractivity contribution is 0.216. The highest BCUT2D eigenvalue weighted by molar-refractivity contribution is 5.30. The van der Waals surface area contributed by atoms with Crippen LogP contribution in [0.2, 0.25) is 0 Å². The summed E-state index contributed by atoms with van der Waals surface area (Å²) < 4.78 is 11.6. The van der Waals surface area contributed by atoms with Crippen molar-refractivity contribution in [3.05, 3.63) is 48.5 Å². The Balaban J connectivity index is 1.23. The maximum atomic E-state index is 5.85. The van der Waals surface area contributed by atoms with Crippen LogP contribution in [0.3, 0.4) is 0 Å². The fourth-order valence-corrected chi connectivity index (χ4v) is 3.14. The first-order valence-corrected chi connectivity index (χ1v) is 8.72. The van der Waals surface area contributed by atoms with Crippen molar-refractivity contribution in [3.8, 4) is 11.5 Å². The lowest BCUT2D eigenvalue weighted by atomic mass is 10.1. The van der Waals surface area contributed by atoms with Gasteiger partial charge in [-0.1, -0.05) is 0 Å². The first kappa shape index (κ1) is 15.4. The van der Waals surface area contributed by atoms with Gasteiger partial charge in [0.2, 0.25) is 0 Å². The van der Waals surface area contributed by atoms with Crippen molar-refractivity contribution >= 4 is 0 Å². The summed E-state index contributed by atoms with van der Waals surface area (Å²) in [6, 6.07) is 6.50. The van der Waals surface area contributed by atoms with Gasteiger partial charge in [-0.25, -0.2) is 0 Å². The van der Waals surface area contributed by atoms with Gasteiger partial charge in [0.1, 0.15) is 18.1 Å². The zero-order valence-electron chi connectivity index (χ0n) is 13.7. The van der Waals surface area contributed by atoms with Gasteiger partial charge in [0.25, 0.3) is 0 Å². The van der Waals surface area contributed by atoms with E-state index in [9.17, 15) is 0 Å². The number of hydrogen-bond acceptors (Lipinski definition) is 5. The summed E-state index contributed by atoms with van der Waals surface area (Å²) in [5.41, 5.74) is 1.29. The molecule has 3 heterocycles. The molecule has 4 rings (SSSR count). The molecule has 2 aromatic heterocycles. The number of nitrogens with zero attached hydrogens (tertiary/aromatic N) is 2. The van der Waals surface area contributed by atoms with Crippen LogP contribution in [0.25, 0.3) is 0 Å². The number of ether oxygens (including phenoxy) is 2. The van der Waals surface area contributed by atoms with Gasteiger partial charge in [-0.15, -0.1) is 0 Å². The van der Waals surface area contributed by atoms with Crippen LogP contribution in [-0.4, -0.2) is 35.8 Å². The van der Waals surface area contributed by atoms with Crippen molar-refractivity contribution in [2.24, 2.45) is 5.92 Å². The standard InChI is InChI=1S/C19H23N3O2/c1-2-17(11-20-5-1)23-7-4-14-9-19(14)15-8-18(12-21-10-15)24-13-16-3-6-22-16/h1-2,5,8,10-12,14,16,19,22H,3-4,6-7,9,13H2/t14-,16+,19+/m1/s1. The molecule has 5 heteroatoms. The molecule has 1 saturated carbocycles. The predicted molar refractivity (Wildman–Crippen MR) is 91.3 cm³/mol. The maximum Gasteiger partial charge on any atom is 0.137 e. The van der Waals surface area contributed by atoms with Gasteiger partial charge >= 0.3 is 0 Å². The Kier molecular flexibility index (Phi) is 4.60. The minimum Gasteiger partial charge on any atom is -0.492 e. The van der Waals surface area contributed by atoms with E-state index in [2.05, 4.69) is 21.4 Å². The third-order valence-corrected chi connectivity index (χ3v) is 4.85. The molecule has 1 aliphatic heterocycles. The van der Waals surface area contributed by atoms with Crippen LogP contribution in [0.4, 0.5) is 0 Å². The van der Waals surface area contributed by atoms with Gasteiger partial charge in [0, 0.05) is 18.4 Å². The van der Waals surface area contributed by atoms with Crippen molar-refractivity contribution < 1.29 is 9.47 Å². The van der Waals surface area contributed by atoms with Crippen LogP contribution in [0.1, 0.15) is 30.7 Å². The molecular formula is C19H23N3O2. The van der Waals surface area contributed by atoms with Crippen LogP contribution < -0.4 is 14.8 Å². The van der Waals surface area contributed by atoms with E-state index in [-0.39, 0.29) is 0 Å². The van der Waals surface area contributed by atoms with Gasteiger partial charge in [0.05, 0.1) is 19.0 Å². The van der Waals surface area contributed by atoms with Gasteiger partial charge in [0.15, 0.2) is 0 Å². The second-order valence-electron chi connectivity index (χ2n) is 6.63. The second-order valence-corrected chi connectivity index (χ2v) is 6.63. The average molecular weight is 325 g/mol. The monoisotopic (exact) mass is 325 g/mol. The van der Waals surface area contributed by atoms with Gasteiger partial charge in [-0.3, -0.25) is 9.97 Å². The van der Waals surface area contributed by atoms with Gasteiger partial charge in [-0.2, -0.15) is 0 Å². The fourth-order valence-electron chi connectivity index (χ4n) is 3.14. The molecule has 1 aliphatic carbocycles. The molecule has 0 unspecified atom stereocenters. The Labute approximate surface area is 142 Å². The van der Waals surface area contributed by atoms with E-state index in [0.717, 1.165) is 37.7 Å². The Bertz CT molecular complexity index is 661. The molecule has 0 bridgehead atoms. The Morgan fingerprint density at radius 1 is 1.12 bits per heavy atom. The van der Waals surface area contributed by atoms with Crippen LogP contribution in [0.15, 0.2) is 43.0 Å². The number of rotatable bonds is 8. The van der Waals surface area contributed by atoms with Crippen LogP contribution in [0.5, 0.6) is 11.5 Å². The number of aromatic nitrogens is 2. The molecule has 5 nitrogen and oxygen atoms in total. The number of hydrogen-bond donors (Lipinski definition) is 1. The lowest BCUT2D eigenvalue weighted by Crippen LogP contribution is -2.46. The van der Waals surface area contributed by atoms with E-state index in [0.29, 0.717) is 17.9 Å². The molecule has 0 spiro atoms. The third kappa shape index (κ3) is 3.85. The van der Waals surface area contributed by atoms with Crippen LogP contribution in [-0.2, 0) is 0 Å². The largest absolute Gasteiger partial charge is 0.492 e. The predicted octanol–water partition coefficient (Wildman–Crippen LogP) is 2.79. The molecular weight excluding hydrogens is 302 g/mol. The van der Waals surface area contributed by atoms with Crippen molar-refractivity contribution in [1.29, 1.82) is 0 Å². The van der Waals surface area contributed by atoms with E-state index in [1.807, 2.05) is 24.5 Å². The quantitative estimate of drug-likeness (QED) is 0.809. The molecule has 2 fully saturated rings. The molecule has 1 saturated heterocycles. The average Bonchev–Trinajstić information content (AvgIpc) is 3.34. The molecule has 2 aliphatic rings. The van der Waals surface area contributed by atoms with E-state index >= 15 is 0 Å². The van der Waals surface area contributed by atoms with E-state index in [4.69, 9.17) is 9.47 Å². The molecule has 0 radical (unpaired) electrons. The molecule has 1 N–H and O–H groups in total. The highest BCUT2D eigenvalue weighted by atomic mass is 16.5. The Morgan fingerprint density at radius 2 is 2.04 bits per heavy atom. The fraction of sp³-hybridized carbons (Fsp3) is 0.474. The van der Waals surface area contributed by atoms with Crippen molar-refractivity contribution in [1.82, 2.24) is 15.3 Å². The Morgan fingerprint density at radius 3 is 2.83 bits per heavy atom. The van der Waals surface area contributed by atoms with Crippen molar-refractivity contribution in [3.63, 3.8) is 0 Å². The molecule has 2 aromatic rings. The Hall–Kier alpha value is -2.14. The van der Waals surface area contributed by atoms with Crippen LogP contribution in [0, 0.1) is 5.92 Å². The minimum absolute atomic E-state index is 0.506. The van der Waals surface area contributed by atoms with E-state index < -0.39 is 0 Å². The summed E-state index contributed by atoms with van der Waals surface area (Å²) in [7, 11) is 0. The van der Waals surface area contributed by atoms with Crippen LogP contribution >= 0.6 is 0 Å². The van der Waals surface area contributed by atoms with E-state index in [1.54, 1.807) is 12.4 Å². The zero-order valence-corrected chi connectivity index (χ0v) is 13.7. The molecule has 0 amide bonds. The first-order chi connectivity index (χ1) is 11.9. The number of pyridine rings is 2. The summed E-state index contributed by atoms with van der Waals surface area (Å²) in [6.45, 7) is 2.58. The molecule has 3 atom stereocenters. The van der Waals surface area contributed by atoms with Crippen molar-refractivity contribution in [2.45, 2.75) is 31.2 Å². The van der Waals surface area contributed by atoms with Gasteiger partial charge in [-0.05, 0) is 61.4 Å². The highest BCUT2D eigenvalue weighted by Crippen LogP contribution is 2.49. The zero-order chi connectivity index (χ0) is 16.2.